The van der Waals surface area contributed by atoms with Crippen molar-refractivity contribution in [1.29, 1.82) is 0 Å². The fourth-order valence-electron chi connectivity index (χ4n) is 1.48. The topological polar surface area (TPSA) is 50.4 Å². The van der Waals surface area contributed by atoms with Gasteiger partial charge < -0.3 is 11.1 Å². The van der Waals surface area contributed by atoms with Crippen LogP contribution in [0.1, 0.15) is 31.7 Å². The lowest BCUT2D eigenvalue weighted by molar-refractivity contribution is 0.734. The van der Waals surface area contributed by atoms with Gasteiger partial charge in [-0.15, -0.1) is 30.6 Å². The minimum atomic E-state index is 0. The summed E-state index contributed by atoms with van der Waals surface area (Å²) in [6.07, 6.45) is 2.86. The van der Waals surface area contributed by atoms with Crippen molar-refractivity contribution in [2.24, 2.45) is 10.7 Å². The van der Waals surface area contributed by atoms with Crippen molar-refractivity contribution in [2.45, 2.75) is 26.2 Å². The molecule has 0 fully saturated rings. The van der Waals surface area contributed by atoms with Gasteiger partial charge in [0.15, 0.2) is 5.96 Å². The molecule has 1 rings (SSSR count). The van der Waals surface area contributed by atoms with Gasteiger partial charge in [-0.3, -0.25) is 0 Å². The first-order valence-electron chi connectivity index (χ1n) is 5.95. The predicted molar refractivity (Wildman–Crippen MR) is 90.9 cm³/mol. The molecule has 18 heavy (non-hydrogen) atoms. The second-order valence-corrected chi connectivity index (χ2v) is 4.07. The number of nitrogens with two attached hydrogens (primary N) is 1. The van der Waals surface area contributed by atoms with Crippen LogP contribution < -0.4 is 11.1 Å². The molecule has 0 amide bonds. The van der Waals surface area contributed by atoms with Gasteiger partial charge in [-0.1, -0.05) is 32.1 Å². The van der Waals surface area contributed by atoms with Gasteiger partial charge in [0.25, 0.3) is 0 Å². The van der Waals surface area contributed by atoms with Gasteiger partial charge in [0.1, 0.15) is 0 Å². The molecule has 0 radical (unpaired) electrons. The molecule has 3 N–H and O–H groups in total. The van der Waals surface area contributed by atoms with Crippen molar-refractivity contribution in [3.8, 4) is 0 Å². The normalized spacial score (nSPS) is 12.4. The van der Waals surface area contributed by atoms with Crippen LogP contribution in [0.4, 0.5) is 5.69 Å². The smallest absolute Gasteiger partial charge is 0.193 e. The van der Waals surface area contributed by atoms with Gasteiger partial charge in [0.05, 0.1) is 6.54 Å². The molecule has 1 atom stereocenters. The predicted octanol–water partition coefficient (Wildman–Crippen LogP) is 3.73. The average Bonchev–Trinajstić information content (AvgIpc) is 2.36. The fraction of sp³-hybridized carbons (Fsp3) is 0.357. The van der Waals surface area contributed by atoms with E-state index in [-0.39, 0.29) is 24.0 Å². The molecule has 0 aliphatic rings. The zero-order chi connectivity index (χ0) is 12.7. The summed E-state index contributed by atoms with van der Waals surface area (Å²) in [5.41, 5.74) is 8.01. The molecule has 0 heterocycles. The Labute approximate surface area is 127 Å². The summed E-state index contributed by atoms with van der Waals surface area (Å²) in [5, 5.41) is 3.04. The van der Waals surface area contributed by atoms with Gasteiger partial charge in [-0.25, -0.2) is 4.99 Å². The Morgan fingerprint density at radius 3 is 2.56 bits per heavy atom. The van der Waals surface area contributed by atoms with Crippen molar-refractivity contribution in [2.75, 3.05) is 11.9 Å². The zero-order valence-electron chi connectivity index (χ0n) is 11.0. The molecule has 0 aliphatic carbocycles. The molecule has 0 bridgehead atoms. The van der Waals surface area contributed by atoms with Gasteiger partial charge in [0, 0.05) is 5.69 Å². The Balaban J connectivity index is 0.00000289. The molecule has 0 saturated carbocycles. The number of hydrogen-bond acceptors (Lipinski definition) is 1. The van der Waals surface area contributed by atoms with Gasteiger partial charge >= 0.3 is 0 Å². The van der Waals surface area contributed by atoms with Crippen molar-refractivity contribution >= 4 is 35.6 Å². The first-order chi connectivity index (χ1) is 8.17. The molecule has 100 valence electrons. The van der Waals surface area contributed by atoms with E-state index in [1.54, 1.807) is 6.08 Å². The van der Waals surface area contributed by atoms with Crippen LogP contribution in [0.3, 0.4) is 0 Å². The van der Waals surface area contributed by atoms with E-state index in [0.717, 1.165) is 12.1 Å². The van der Waals surface area contributed by atoms with Crippen LogP contribution in [-0.2, 0) is 0 Å². The van der Waals surface area contributed by atoms with Crippen molar-refractivity contribution in [1.82, 2.24) is 0 Å². The van der Waals surface area contributed by atoms with Crippen LogP contribution >= 0.6 is 24.0 Å². The van der Waals surface area contributed by atoms with E-state index in [0.29, 0.717) is 18.4 Å². The van der Waals surface area contributed by atoms with E-state index in [9.17, 15) is 0 Å². The minimum absolute atomic E-state index is 0. The summed E-state index contributed by atoms with van der Waals surface area (Å²) < 4.78 is 0. The van der Waals surface area contributed by atoms with E-state index in [1.165, 1.54) is 5.56 Å². The number of benzene rings is 1. The number of rotatable bonds is 5. The molecule has 0 aromatic heterocycles. The SMILES string of the molecule is C=CCN=C(N)Nc1ccc(C(C)CC)cc1.I. The molecular weight excluding hydrogens is 337 g/mol. The van der Waals surface area contributed by atoms with E-state index in [2.05, 4.69) is 42.9 Å². The molecule has 0 saturated heterocycles. The van der Waals surface area contributed by atoms with Gasteiger partial charge in [-0.05, 0) is 30.0 Å². The molecule has 0 spiro atoms. The summed E-state index contributed by atoms with van der Waals surface area (Å²) in [6.45, 7) is 8.54. The summed E-state index contributed by atoms with van der Waals surface area (Å²) in [4.78, 5) is 4.08. The maximum absolute atomic E-state index is 5.71. The maximum atomic E-state index is 5.71. The number of guanidine groups is 1. The Kier molecular flexibility index (Phi) is 8.45. The lowest BCUT2D eigenvalue weighted by Crippen LogP contribution is -2.22. The third kappa shape index (κ3) is 5.53. The molecule has 4 heteroatoms. The second-order valence-electron chi connectivity index (χ2n) is 4.07. The molecule has 1 unspecified atom stereocenters. The third-order valence-electron chi connectivity index (χ3n) is 2.76. The highest BCUT2D eigenvalue weighted by Crippen LogP contribution is 2.20. The number of halogens is 1. The lowest BCUT2D eigenvalue weighted by Gasteiger charge is -2.10. The van der Waals surface area contributed by atoms with Crippen molar-refractivity contribution < 1.29 is 0 Å². The Hall–Kier alpha value is -1.04. The fourth-order valence-corrected chi connectivity index (χ4v) is 1.48. The van der Waals surface area contributed by atoms with Gasteiger partial charge in [-0.2, -0.15) is 0 Å². The van der Waals surface area contributed by atoms with Crippen LogP contribution in [0.2, 0.25) is 0 Å². The molecule has 0 aliphatic heterocycles. The van der Waals surface area contributed by atoms with Crippen LogP contribution in [0, 0.1) is 0 Å². The highest BCUT2D eigenvalue weighted by Gasteiger charge is 2.02. The average molecular weight is 359 g/mol. The first kappa shape index (κ1) is 17.0. The van der Waals surface area contributed by atoms with Gasteiger partial charge in [0.2, 0.25) is 0 Å². The lowest BCUT2D eigenvalue weighted by atomic mass is 9.99. The number of nitrogens with zero attached hydrogens (tertiary/aromatic N) is 1. The van der Waals surface area contributed by atoms with Crippen molar-refractivity contribution in [3.05, 3.63) is 42.5 Å². The standard InChI is InChI=1S/C14H21N3.HI/c1-4-10-16-14(15)17-13-8-6-12(7-9-13)11(3)5-2;/h4,6-9,11H,1,5,10H2,2-3H3,(H3,15,16,17);1H. The van der Waals surface area contributed by atoms with Crippen LogP contribution in [0.15, 0.2) is 41.9 Å². The Morgan fingerprint density at radius 1 is 1.44 bits per heavy atom. The third-order valence-corrected chi connectivity index (χ3v) is 2.76. The minimum Gasteiger partial charge on any atom is -0.370 e. The number of aliphatic imine (C=N–C) groups is 1. The van der Waals surface area contributed by atoms with Crippen LogP contribution in [0.25, 0.3) is 0 Å². The monoisotopic (exact) mass is 359 g/mol. The number of anilines is 1. The number of hydrogen-bond donors (Lipinski definition) is 2. The highest BCUT2D eigenvalue weighted by molar-refractivity contribution is 14.0. The van der Waals surface area contributed by atoms with E-state index < -0.39 is 0 Å². The van der Waals surface area contributed by atoms with Crippen LogP contribution in [0.5, 0.6) is 0 Å². The molecule has 1 aromatic rings. The Morgan fingerprint density at radius 2 is 2.06 bits per heavy atom. The molecule has 3 nitrogen and oxygen atoms in total. The summed E-state index contributed by atoms with van der Waals surface area (Å²) in [7, 11) is 0. The summed E-state index contributed by atoms with van der Waals surface area (Å²) in [6, 6.07) is 8.30. The summed E-state index contributed by atoms with van der Waals surface area (Å²) in [5.74, 6) is 1.01. The zero-order valence-corrected chi connectivity index (χ0v) is 13.3. The molecule has 1 aromatic carbocycles. The highest BCUT2D eigenvalue weighted by atomic mass is 127. The largest absolute Gasteiger partial charge is 0.370 e. The maximum Gasteiger partial charge on any atom is 0.193 e. The molecular formula is C14H22IN3. The van der Waals surface area contributed by atoms with Crippen LogP contribution in [-0.4, -0.2) is 12.5 Å². The van der Waals surface area contributed by atoms with Crippen molar-refractivity contribution in [3.63, 3.8) is 0 Å². The second kappa shape index (κ2) is 8.97. The quantitative estimate of drug-likeness (QED) is 0.364. The van der Waals surface area contributed by atoms with E-state index in [4.69, 9.17) is 5.73 Å². The Bertz CT molecular complexity index is 385. The summed E-state index contributed by atoms with van der Waals surface area (Å²) >= 11 is 0. The van der Waals surface area contributed by atoms with E-state index in [1.807, 2.05) is 12.1 Å². The first-order valence-corrected chi connectivity index (χ1v) is 5.95. The van der Waals surface area contributed by atoms with E-state index >= 15 is 0 Å². The number of nitrogens with one attached hydrogen (secondary N) is 1.